The fourth-order valence-corrected chi connectivity index (χ4v) is 3.00. The van der Waals surface area contributed by atoms with Gasteiger partial charge in [-0.15, -0.1) is 0 Å². The molecule has 11 heteroatoms. The van der Waals surface area contributed by atoms with Crippen LogP contribution < -0.4 is 10.9 Å². The lowest BCUT2D eigenvalue weighted by Gasteiger charge is -2.23. The summed E-state index contributed by atoms with van der Waals surface area (Å²) < 4.78 is 80.5. The van der Waals surface area contributed by atoms with Crippen LogP contribution in [0.4, 0.5) is 26.3 Å². The third kappa shape index (κ3) is 4.98. The second kappa shape index (κ2) is 8.48. The average molecular weight is 455 g/mol. The van der Waals surface area contributed by atoms with E-state index in [-0.39, 0.29) is 11.1 Å². The number of halogens is 6. The molecule has 3 rings (SSSR count). The smallest absolute Gasteiger partial charge is 0.339 e. The maximum absolute atomic E-state index is 13.6. The molecule has 0 bridgehead atoms. The van der Waals surface area contributed by atoms with Gasteiger partial charge in [-0.3, -0.25) is 14.6 Å². The molecular formula is C21H15F6N3O2. The fraction of sp³-hybridized carbons (Fsp3) is 0.190. The van der Waals surface area contributed by atoms with Crippen molar-refractivity contribution in [3.8, 4) is 0 Å². The molecule has 1 amide bonds. The molecule has 1 aromatic carbocycles. The van der Waals surface area contributed by atoms with Crippen LogP contribution >= 0.6 is 0 Å². The zero-order chi connectivity index (χ0) is 23.7. The summed E-state index contributed by atoms with van der Waals surface area (Å²) in [4.78, 5) is 28.0. The highest BCUT2D eigenvalue weighted by atomic mass is 19.4. The normalized spacial score (nSPS) is 13.0. The Labute approximate surface area is 177 Å². The van der Waals surface area contributed by atoms with Crippen molar-refractivity contribution in [1.82, 2.24) is 14.9 Å². The number of aromatic nitrogens is 2. The minimum Gasteiger partial charge on any atom is -0.339 e. The van der Waals surface area contributed by atoms with Crippen molar-refractivity contribution < 1.29 is 31.1 Å². The molecule has 1 N–H and O–H groups in total. The van der Waals surface area contributed by atoms with Crippen LogP contribution in [0.3, 0.4) is 0 Å². The molecule has 0 radical (unpaired) electrons. The number of hydrogen-bond donors (Lipinski definition) is 1. The monoisotopic (exact) mass is 455 g/mol. The Morgan fingerprint density at radius 2 is 1.62 bits per heavy atom. The van der Waals surface area contributed by atoms with Crippen molar-refractivity contribution in [1.29, 1.82) is 0 Å². The molecule has 0 aliphatic heterocycles. The first kappa shape index (κ1) is 23.0. The fourth-order valence-electron chi connectivity index (χ4n) is 3.00. The summed E-state index contributed by atoms with van der Waals surface area (Å²) in [5, 5.41) is 2.39. The Morgan fingerprint density at radius 3 is 2.19 bits per heavy atom. The van der Waals surface area contributed by atoms with Crippen molar-refractivity contribution in [2.24, 2.45) is 7.05 Å². The van der Waals surface area contributed by atoms with E-state index in [1.54, 1.807) is 0 Å². The van der Waals surface area contributed by atoms with Crippen molar-refractivity contribution in [3.63, 3.8) is 0 Å². The van der Waals surface area contributed by atoms with E-state index in [1.165, 1.54) is 19.3 Å². The van der Waals surface area contributed by atoms with Gasteiger partial charge in [0.2, 0.25) is 5.56 Å². The lowest BCUT2D eigenvalue weighted by atomic mass is 9.97. The number of rotatable bonds is 4. The van der Waals surface area contributed by atoms with Crippen LogP contribution in [0.1, 0.15) is 38.8 Å². The van der Waals surface area contributed by atoms with Crippen molar-refractivity contribution in [2.75, 3.05) is 0 Å². The molecule has 0 saturated heterocycles. The number of aryl methyl sites for hydroxylation is 1. The molecule has 0 fully saturated rings. The van der Waals surface area contributed by atoms with Crippen LogP contribution in [-0.2, 0) is 19.4 Å². The van der Waals surface area contributed by atoms with Gasteiger partial charge in [-0.2, -0.15) is 26.3 Å². The molecule has 1 unspecified atom stereocenters. The summed E-state index contributed by atoms with van der Waals surface area (Å²) in [7, 11) is 1.38. The molecule has 2 heterocycles. The predicted octanol–water partition coefficient (Wildman–Crippen LogP) is 4.34. The molecule has 3 aromatic rings. The molecule has 5 nitrogen and oxygen atoms in total. The van der Waals surface area contributed by atoms with Gasteiger partial charge in [0, 0.05) is 25.5 Å². The van der Waals surface area contributed by atoms with Gasteiger partial charge in [0.1, 0.15) is 0 Å². The average Bonchev–Trinajstić information content (AvgIpc) is 2.72. The first-order valence-electron chi connectivity index (χ1n) is 9.05. The SMILES string of the molecule is Cn1cc(C(=O)NC(c2ccc(C(F)(F)F)cc2)c2ncccc2C(F)(F)F)ccc1=O. The Bertz CT molecular complexity index is 1180. The molecule has 1 atom stereocenters. The van der Waals surface area contributed by atoms with Gasteiger partial charge in [0.05, 0.1) is 28.4 Å². The van der Waals surface area contributed by atoms with E-state index in [0.29, 0.717) is 12.1 Å². The number of carbonyl (C=O) groups excluding carboxylic acids is 1. The molecule has 2 aromatic heterocycles. The first-order chi connectivity index (χ1) is 14.9. The lowest BCUT2D eigenvalue weighted by molar-refractivity contribution is -0.139. The van der Waals surface area contributed by atoms with Gasteiger partial charge in [-0.05, 0) is 35.9 Å². The number of carbonyl (C=O) groups is 1. The summed E-state index contributed by atoms with van der Waals surface area (Å²) in [6.45, 7) is 0. The van der Waals surface area contributed by atoms with E-state index in [9.17, 15) is 35.9 Å². The number of nitrogens with zero attached hydrogens (tertiary/aromatic N) is 2. The van der Waals surface area contributed by atoms with Crippen molar-refractivity contribution in [2.45, 2.75) is 18.4 Å². The maximum atomic E-state index is 13.6. The Balaban J connectivity index is 2.09. The highest BCUT2D eigenvalue weighted by molar-refractivity contribution is 5.94. The topological polar surface area (TPSA) is 64.0 Å². The van der Waals surface area contributed by atoms with Gasteiger partial charge in [-0.1, -0.05) is 12.1 Å². The summed E-state index contributed by atoms with van der Waals surface area (Å²) in [5.74, 6) is -0.843. The van der Waals surface area contributed by atoms with Crippen LogP contribution in [0.5, 0.6) is 0 Å². The third-order valence-electron chi connectivity index (χ3n) is 4.61. The van der Waals surface area contributed by atoms with E-state index in [4.69, 9.17) is 0 Å². The quantitative estimate of drug-likeness (QED) is 0.596. The minimum absolute atomic E-state index is 0.0338. The minimum atomic E-state index is -4.82. The molecule has 0 saturated carbocycles. The van der Waals surface area contributed by atoms with Crippen LogP contribution in [0.25, 0.3) is 0 Å². The van der Waals surface area contributed by atoms with Gasteiger partial charge in [0.15, 0.2) is 0 Å². The molecule has 0 aliphatic carbocycles. The first-order valence-corrected chi connectivity index (χ1v) is 9.05. The predicted molar refractivity (Wildman–Crippen MR) is 102 cm³/mol. The molecular weight excluding hydrogens is 440 g/mol. The van der Waals surface area contributed by atoms with Crippen molar-refractivity contribution >= 4 is 5.91 Å². The number of alkyl halides is 6. The Hall–Kier alpha value is -3.63. The van der Waals surface area contributed by atoms with Gasteiger partial charge < -0.3 is 9.88 Å². The van der Waals surface area contributed by atoms with Crippen molar-refractivity contribution in [3.05, 3.63) is 99.2 Å². The largest absolute Gasteiger partial charge is 0.418 e. The Kier molecular flexibility index (Phi) is 6.11. The summed E-state index contributed by atoms with van der Waals surface area (Å²) in [6.07, 6.45) is -7.20. The lowest BCUT2D eigenvalue weighted by Crippen LogP contribution is -2.32. The standard InChI is InChI=1S/C21H15F6N3O2/c1-30-11-13(6-9-16(30)31)19(32)29-17(12-4-7-14(8-5-12)20(22,23)24)18-15(21(25,26)27)3-2-10-28-18/h2-11,17H,1H3,(H,29,32). The van der Waals surface area contributed by atoms with E-state index >= 15 is 0 Å². The number of nitrogens with one attached hydrogen (secondary N) is 1. The van der Waals surface area contributed by atoms with E-state index in [1.807, 2.05) is 0 Å². The summed E-state index contributed by atoms with van der Waals surface area (Å²) in [5.41, 5.74) is -3.22. The van der Waals surface area contributed by atoms with Crippen LogP contribution in [0.15, 0.2) is 65.7 Å². The number of hydrogen-bond acceptors (Lipinski definition) is 3. The van der Waals surface area contributed by atoms with Gasteiger partial charge in [0.25, 0.3) is 5.91 Å². The van der Waals surface area contributed by atoms with E-state index in [0.717, 1.165) is 41.1 Å². The summed E-state index contributed by atoms with van der Waals surface area (Å²) in [6, 6.07) is 5.96. The zero-order valence-corrected chi connectivity index (χ0v) is 16.3. The second-order valence-electron chi connectivity index (χ2n) is 6.83. The maximum Gasteiger partial charge on any atom is 0.418 e. The Morgan fingerprint density at radius 1 is 0.969 bits per heavy atom. The molecule has 0 spiro atoms. The molecule has 168 valence electrons. The van der Waals surface area contributed by atoms with Crippen LogP contribution in [0.2, 0.25) is 0 Å². The highest BCUT2D eigenvalue weighted by Crippen LogP contribution is 2.36. The van der Waals surface area contributed by atoms with E-state index in [2.05, 4.69) is 10.3 Å². The van der Waals surface area contributed by atoms with Gasteiger partial charge >= 0.3 is 12.4 Å². The zero-order valence-electron chi connectivity index (χ0n) is 16.3. The van der Waals surface area contributed by atoms with Crippen LogP contribution in [0, 0.1) is 0 Å². The summed E-state index contributed by atoms with van der Waals surface area (Å²) >= 11 is 0. The van der Waals surface area contributed by atoms with Gasteiger partial charge in [-0.25, -0.2) is 0 Å². The second-order valence-corrected chi connectivity index (χ2v) is 6.83. The van der Waals surface area contributed by atoms with E-state index < -0.39 is 46.7 Å². The number of amides is 1. The van der Waals surface area contributed by atoms with Crippen LogP contribution in [-0.4, -0.2) is 15.5 Å². The molecule has 0 aliphatic rings. The molecule has 32 heavy (non-hydrogen) atoms. The third-order valence-corrected chi connectivity index (χ3v) is 4.61. The number of pyridine rings is 2. The highest BCUT2D eigenvalue weighted by Gasteiger charge is 2.37. The number of benzene rings is 1.